The molecule has 6 heteroatoms. The molecule has 0 aliphatic heterocycles. The van der Waals surface area contributed by atoms with Crippen LogP contribution < -0.4 is 10.6 Å². The van der Waals surface area contributed by atoms with Crippen molar-refractivity contribution in [3.05, 3.63) is 17.0 Å². The first-order chi connectivity index (χ1) is 12.0. The topological polar surface area (TPSA) is 54.2 Å². The van der Waals surface area contributed by atoms with Crippen molar-refractivity contribution >= 4 is 29.9 Å². The SMILES string of the molecule is CCNC(=NCCC1CCCCC1)NC(C)Cc1c(C)nn(C)c1C.I. The van der Waals surface area contributed by atoms with E-state index in [0.29, 0.717) is 6.04 Å². The van der Waals surface area contributed by atoms with Crippen LogP contribution >= 0.6 is 24.0 Å². The summed E-state index contributed by atoms with van der Waals surface area (Å²) >= 11 is 0. The van der Waals surface area contributed by atoms with Crippen LogP contribution in [0.5, 0.6) is 0 Å². The lowest BCUT2D eigenvalue weighted by atomic mass is 9.87. The molecule has 1 aliphatic rings. The van der Waals surface area contributed by atoms with Gasteiger partial charge in [0.15, 0.2) is 5.96 Å². The summed E-state index contributed by atoms with van der Waals surface area (Å²) in [5.41, 5.74) is 3.74. The number of halogens is 1. The molecule has 0 aromatic carbocycles. The Bertz CT molecular complexity index is 561. The van der Waals surface area contributed by atoms with Crippen LogP contribution in [0.1, 0.15) is 69.3 Å². The van der Waals surface area contributed by atoms with Gasteiger partial charge in [0.1, 0.15) is 0 Å². The zero-order valence-electron chi connectivity index (χ0n) is 17.3. The third kappa shape index (κ3) is 7.08. The van der Waals surface area contributed by atoms with E-state index in [1.807, 2.05) is 11.7 Å². The summed E-state index contributed by atoms with van der Waals surface area (Å²) in [7, 11) is 2.01. The summed E-state index contributed by atoms with van der Waals surface area (Å²) in [5, 5.41) is 11.5. The molecule has 5 nitrogen and oxygen atoms in total. The first-order valence-electron chi connectivity index (χ1n) is 10.0. The summed E-state index contributed by atoms with van der Waals surface area (Å²) in [6.45, 7) is 10.4. The quantitative estimate of drug-likeness (QED) is 0.355. The van der Waals surface area contributed by atoms with Gasteiger partial charge in [0.25, 0.3) is 0 Å². The van der Waals surface area contributed by atoms with Crippen LogP contribution in [0.4, 0.5) is 0 Å². The summed E-state index contributed by atoms with van der Waals surface area (Å²) < 4.78 is 1.97. The van der Waals surface area contributed by atoms with Crippen molar-refractivity contribution in [2.24, 2.45) is 18.0 Å². The molecule has 1 saturated carbocycles. The van der Waals surface area contributed by atoms with Gasteiger partial charge in [-0.15, -0.1) is 24.0 Å². The molecule has 1 aliphatic carbocycles. The fraction of sp³-hybridized carbons (Fsp3) is 0.800. The van der Waals surface area contributed by atoms with Gasteiger partial charge in [0, 0.05) is 31.9 Å². The minimum atomic E-state index is 0. The van der Waals surface area contributed by atoms with Crippen molar-refractivity contribution in [3.63, 3.8) is 0 Å². The zero-order valence-corrected chi connectivity index (χ0v) is 19.6. The minimum absolute atomic E-state index is 0. The molecule has 150 valence electrons. The van der Waals surface area contributed by atoms with Gasteiger partial charge in [-0.2, -0.15) is 5.10 Å². The van der Waals surface area contributed by atoms with Crippen molar-refractivity contribution in [1.82, 2.24) is 20.4 Å². The molecule has 0 radical (unpaired) electrons. The second-order valence-corrected chi connectivity index (χ2v) is 7.58. The van der Waals surface area contributed by atoms with Crippen molar-refractivity contribution in [3.8, 4) is 0 Å². The van der Waals surface area contributed by atoms with E-state index in [1.165, 1.54) is 49.8 Å². The molecule has 0 bridgehead atoms. The number of nitrogens with zero attached hydrogens (tertiary/aromatic N) is 3. The molecule has 2 N–H and O–H groups in total. The molecule has 0 spiro atoms. The van der Waals surface area contributed by atoms with E-state index in [1.54, 1.807) is 0 Å². The average molecular weight is 475 g/mol. The van der Waals surface area contributed by atoms with E-state index in [0.717, 1.165) is 37.1 Å². The number of hydrogen-bond donors (Lipinski definition) is 2. The first-order valence-corrected chi connectivity index (χ1v) is 10.0. The van der Waals surface area contributed by atoms with Gasteiger partial charge in [-0.25, -0.2) is 0 Å². The number of guanidine groups is 1. The lowest BCUT2D eigenvalue weighted by Crippen LogP contribution is -2.43. The van der Waals surface area contributed by atoms with Crippen LogP contribution in [0.15, 0.2) is 4.99 Å². The average Bonchev–Trinajstić information content (AvgIpc) is 2.82. The van der Waals surface area contributed by atoms with Gasteiger partial charge >= 0.3 is 0 Å². The third-order valence-electron chi connectivity index (χ3n) is 5.43. The van der Waals surface area contributed by atoms with Crippen LogP contribution in [0, 0.1) is 19.8 Å². The maximum absolute atomic E-state index is 4.81. The Hall–Kier alpha value is -0.790. The van der Waals surface area contributed by atoms with Gasteiger partial charge in [0.2, 0.25) is 0 Å². The van der Waals surface area contributed by atoms with Crippen LogP contribution in [-0.2, 0) is 13.5 Å². The Morgan fingerprint density at radius 3 is 2.54 bits per heavy atom. The molecular weight excluding hydrogens is 437 g/mol. The molecule has 1 unspecified atom stereocenters. The van der Waals surface area contributed by atoms with Crippen molar-refractivity contribution in [2.75, 3.05) is 13.1 Å². The van der Waals surface area contributed by atoms with Gasteiger partial charge in [0.05, 0.1) is 5.69 Å². The molecular formula is C20H38IN5. The number of hydrogen-bond acceptors (Lipinski definition) is 2. The molecule has 1 atom stereocenters. The molecule has 1 heterocycles. The zero-order chi connectivity index (χ0) is 18.2. The molecule has 0 amide bonds. The molecule has 1 fully saturated rings. The molecule has 0 saturated heterocycles. The highest BCUT2D eigenvalue weighted by molar-refractivity contribution is 14.0. The molecule has 1 aromatic rings. The van der Waals surface area contributed by atoms with Gasteiger partial charge < -0.3 is 10.6 Å². The van der Waals surface area contributed by atoms with Crippen LogP contribution in [0.2, 0.25) is 0 Å². The largest absolute Gasteiger partial charge is 0.357 e. The Morgan fingerprint density at radius 2 is 1.96 bits per heavy atom. The first kappa shape index (κ1) is 23.2. The maximum atomic E-state index is 4.81. The van der Waals surface area contributed by atoms with E-state index in [9.17, 15) is 0 Å². The summed E-state index contributed by atoms with van der Waals surface area (Å²) in [4.78, 5) is 4.81. The second kappa shape index (κ2) is 11.8. The van der Waals surface area contributed by atoms with Gasteiger partial charge in [-0.1, -0.05) is 32.1 Å². The van der Waals surface area contributed by atoms with Crippen LogP contribution in [0.3, 0.4) is 0 Å². The molecule has 2 rings (SSSR count). The van der Waals surface area contributed by atoms with E-state index < -0.39 is 0 Å². The van der Waals surface area contributed by atoms with Crippen LogP contribution in [0.25, 0.3) is 0 Å². The lowest BCUT2D eigenvalue weighted by Gasteiger charge is -2.21. The van der Waals surface area contributed by atoms with Crippen molar-refractivity contribution in [1.29, 1.82) is 0 Å². The number of rotatable bonds is 7. The highest BCUT2D eigenvalue weighted by Crippen LogP contribution is 2.26. The normalized spacial score (nSPS) is 16.9. The fourth-order valence-corrected chi connectivity index (χ4v) is 3.86. The number of aliphatic imine (C=N–C) groups is 1. The molecule has 26 heavy (non-hydrogen) atoms. The maximum Gasteiger partial charge on any atom is 0.191 e. The minimum Gasteiger partial charge on any atom is -0.357 e. The summed E-state index contributed by atoms with van der Waals surface area (Å²) in [5.74, 6) is 1.84. The van der Waals surface area contributed by atoms with E-state index in [-0.39, 0.29) is 24.0 Å². The Balaban J connectivity index is 0.00000338. The fourth-order valence-electron chi connectivity index (χ4n) is 3.86. The van der Waals surface area contributed by atoms with E-state index in [2.05, 4.69) is 43.4 Å². The predicted molar refractivity (Wildman–Crippen MR) is 122 cm³/mol. The highest BCUT2D eigenvalue weighted by atomic mass is 127. The Morgan fingerprint density at radius 1 is 1.27 bits per heavy atom. The van der Waals surface area contributed by atoms with Crippen molar-refractivity contribution in [2.45, 2.75) is 78.7 Å². The van der Waals surface area contributed by atoms with Gasteiger partial charge in [-0.3, -0.25) is 9.67 Å². The third-order valence-corrected chi connectivity index (χ3v) is 5.43. The number of aryl methyl sites for hydroxylation is 2. The summed E-state index contributed by atoms with van der Waals surface area (Å²) in [6, 6.07) is 0.328. The number of aromatic nitrogens is 2. The van der Waals surface area contributed by atoms with Crippen LogP contribution in [-0.4, -0.2) is 34.9 Å². The monoisotopic (exact) mass is 475 g/mol. The predicted octanol–water partition coefficient (Wildman–Crippen LogP) is 4.11. The molecule has 1 aromatic heterocycles. The van der Waals surface area contributed by atoms with E-state index >= 15 is 0 Å². The van der Waals surface area contributed by atoms with E-state index in [4.69, 9.17) is 4.99 Å². The highest BCUT2D eigenvalue weighted by Gasteiger charge is 2.15. The lowest BCUT2D eigenvalue weighted by molar-refractivity contribution is 0.343. The Labute approximate surface area is 176 Å². The standard InChI is InChI=1S/C20H37N5.HI/c1-6-21-20(22-13-12-18-10-8-7-9-11-18)23-15(2)14-19-16(3)24-25(5)17(19)4;/h15,18H,6-14H2,1-5H3,(H2,21,22,23);1H. The second-order valence-electron chi connectivity index (χ2n) is 7.58. The summed E-state index contributed by atoms with van der Waals surface area (Å²) in [6.07, 6.45) is 9.24. The smallest absolute Gasteiger partial charge is 0.191 e. The van der Waals surface area contributed by atoms with Gasteiger partial charge in [-0.05, 0) is 52.0 Å². The number of nitrogens with one attached hydrogen (secondary N) is 2. The van der Waals surface area contributed by atoms with Crippen molar-refractivity contribution < 1.29 is 0 Å². The Kier molecular flexibility index (Phi) is 10.6.